The first kappa shape index (κ1) is 21.9. The van der Waals surface area contributed by atoms with Crippen molar-refractivity contribution in [2.24, 2.45) is 11.8 Å². The van der Waals surface area contributed by atoms with E-state index in [9.17, 15) is 9.59 Å². The van der Waals surface area contributed by atoms with Crippen LogP contribution in [0.2, 0.25) is 0 Å². The standard InChI is InChI=1S/C23H37N3O3/c1-23(2,3)29-22(28)24-15-21(27)26-13-10-20(17-26)19-9-7-8-18(14-19)16-25-11-5-4-6-12-25/h7-9,19-20H,4-6,10-17H2,1-3H3,(H,24,28)/t19?,20-/m1/s1. The maximum Gasteiger partial charge on any atom is 0.408 e. The molecule has 2 fully saturated rings. The van der Waals surface area contributed by atoms with Gasteiger partial charge in [-0.05, 0) is 71.4 Å². The Morgan fingerprint density at radius 1 is 1.17 bits per heavy atom. The molecule has 1 aliphatic carbocycles. The van der Waals surface area contributed by atoms with Crippen molar-refractivity contribution in [3.63, 3.8) is 0 Å². The molecule has 2 heterocycles. The van der Waals surface area contributed by atoms with Crippen LogP contribution >= 0.6 is 0 Å². The van der Waals surface area contributed by atoms with E-state index in [1.807, 2.05) is 25.7 Å². The number of hydrogen-bond donors (Lipinski definition) is 1. The fraction of sp³-hybridized carbons (Fsp3) is 0.739. The molecule has 0 spiro atoms. The Hall–Kier alpha value is -1.82. The van der Waals surface area contributed by atoms with Crippen LogP contribution in [0, 0.1) is 11.8 Å². The second-order valence-corrected chi connectivity index (χ2v) is 9.66. The number of likely N-dealkylation sites (tertiary alicyclic amines) is 2. The molecule has 1 unspecified atom stereocenters. The van der Waals surface area contributed by atoms with Crippen molar-refractivity contribution in [3.05, 3.63) is 23.8 Å². The van der Waals surface area contributed by atoms with Gasteiger partial charge >= 0.3 is 6.09 Å². The summed E-state index contributed by atoms with van der Waals surface area (Å²) in [7, 11) is 0. The number of amides is 2. The minimum atomic E-state index is -0.557. The smallest absolute Gasteiger partial charge is 0.408 e. The molecule has 0 aromatic carbocycles. The van der Waals surface area contributed by atoms with Gasteiger partial charge in [-0.2, -0.15) is 0 Å². The van der Waals surface area contributed by atoms with Crippen LogP contribution < -0.4 is 5.32 Å². The van der Waals surface area contributed by atoms with Crippen LogP contribution in [0.1, 0.15) is 52.9 Å². The molecule has 1 N–H and O–H groups in total. The number of carbonyl (C=O) groups is 2. The summed E-state index contributed by atoms with van der Waals surface area (Å²) in [6.45, 7) is 10.5. The second-order valence-electron chi connectivity index (χ2n) is 9.66. The highest BCUT2D eigenvalue weighted by molar-refractivity contribution is 5.82. The Balaban J connectivity index is 1.42. The number of allylic oxidation sites excluding steroid dienone is 3. The van der Waals surface area contributed by atoms with Crippen LogP contribution in [0.5, 0.6) is 0 Å². The zero-order chi connectivity index (χ0) is 20.9. The summed E-state index contributed by atoms with van der Waals surface area (Å²) in [5, 5.41) is 2.58. The summed E-state index contributed by atoms with van der Waals surface area (Å²) in [6, 6.07) is 0. The van der Waals surface area contributed by atoms with Gasteiger partial charge in [0, 0.05) is 19.6 Å². The topological polar surface area (TPSA) is 61.9 Å². The summed E-state index contributed by atoms with van der Waals surface area (Å²) in [4.78, 5) is 28.7. The molecule has 0 aromatic heterocycles. The maximum atomic E-state index is 12.5. The largest absolute Gasteiger partial charge is 0.444 e. The van der Waals surface area contributed by atoms with Gasteiger partial charge in [0.15, 0.2) is 0 Å². The van der Waals surface area contributed by atoms with Gasteiger partial charge in [0.05, 0.1) is 0 Å². The molecule has 0 radical (unpaired) electrons. The van der Waals surface area contributed by atoms with Gasteiger partial charge in [-0.15, -0.1) is 0 Å². The average molecular weight is 404 g/mol. The van der Waals surface area contributed by atoms with Crippen molar-refractivity contribution in [2.45, 2.75) is 58.5 Å². The Kier molecular flexibility index (Phi) is 7.38. The van der Waals surface area contributed by atoms with Gasteiger partial charge in [-0.1, -0.05) is 30.2 Å². The lowest BCUT2D eigenvalue weighted by atomic mass is 9.83. The lowest BCUT2D eigenvalue weighted by Crippen LogP contribution is -2.41. The lowest BCUT2D eigenvalue weighted by Gasteiger charge is -2.30. The second kappa shape index (κ2) is 9.79. The van der Waals surface area contributed by atoms with Gasteiger partial charge < -0.3 is 15.0 Å². The molecule has 162 valence electrons. The number of carbonyl (C=O) groups excluding carboxylic acids is 2. The molecule has 29 heavy (non-hydrogen) atoms. The zero-order valence-electron chi connectivity index (χ0n) is 18.3. The fourth-order valence-corrected chi connectivity index (χ4v) is 4.56. The quantitative estimate of drug-likeness (QED) is 0.765. The molecule has 3 rings (SSSR count). The van der Waals surface area contributed by atoms with Crippen molar-refractivity contribution in [1.82, 2.24) is 15.1 Å². The monoisotopic (exact) mass is 403 g/mol. The first-order valence-electron chi connectivity index (χ1n) is 11.1. The molecule has 6 nitrogen and oxygen atoms in total. The van der Waals surface area contributed by atoms with E-state index in [1.165, 1.54) is 37.9 Å². The van der Waals surface area contributed by atoms with Crippen LogP contribution in [0.15, 0.2) is 23.8 Å². The highest BCUT2D eigenvalue weighted by atomic mass is 16.6. The number of ether oxygens (including phenoxy) is 1. The third-order valence-electron chi connectivity index (χ3n) is 6.03. The Morgan fingerprint density at radius 3 is 2.66 bits per heavy atom. The minimum Gasteiger partial charge on any atom is -0.444 e. The zero-order valence-corrected chi connectivity index (χ0v) is 18.3. The van der Waals surface area contributed by atoms with Gasteiger partial charge in [-0.3, -0.25) is 9.69 Å². The summed E-state index contributed by atoms with van der Waals surface area (Å²) in [5.41, 5.74) is 0.967. The molecule has 3 aliphatic rings. The van der Waals surface area contributed by atoms with Crippen molar-refractivity contribution in [1.29, 1.82) is 0 Å². The van der Waals surface area contributed by atoms with Crippen LogP contribution in [-0.4, -0.2) is 66.7 Å². The molecule has 2 amide bonds. The predicted molar refractivity (Wildman–Crippen MR) is 115 cm³/mol. The fourth-order valence-electron chi connectivity index (χ4n) is 4.56. The van der Waals surface area contributed by atoms with Gasteiger partial charge in [0.25, 0.3) is 0 Å². The summed E-state index contributed by atoms with van der Waals surface area (Å²) in [5.74, 6) is 0.986. The molecule has 2 saturated heterocycles. The molecule has 0 aromatic rings. The number of nitrogens with zero attached hydrogens (tertiary/aromatic N) is 2. The van der Waals surface area contributed by atoms with E-state index in [0.29, 0.717) is 11.8 Å². The molecular weight excluding hydrogens is 366 g/mol. The highest BCUT2D eigenvalue weighted by Crippen LogP contribution is 2.32. The average Bonchev–Trinajstić information content (AvgIpc) is 3.16. The predicted octanol–water partition coefficient (Wildman–Crippen LogP) is 3.35. The normalized spacial score (nSPS) is 25.6. The van der Waals surface area contributed by atoms with E-state index in [1.54, 1.807) is 0 Å². The molecule has 0 saturated carbocycles. The summed E-state index contributed by atoms with van der Waals surface area (Å²) < 4.78 is 5.20. The summed E-state index contributed by atoms with van der Waals surface area (Å²) >= 11 is 0. The van der Waals surface area contributed by atoms with Crippen LogP contribution in [-0.2, 0) is 9.53 Å². The lowest BCUT2D eigenvalue weighted by molar-refractivity contribution is -0.129. The van der Waals surface area contributed by atoms with E-state index >= 15 is 0 Å². The van der Waals surface area contributed by atoms with Crippen molar-refractivity contribution < 1.29 is 14.3 Å². The van der Waals surface area contributed by atoms with E-state index in [4.69, 9.17) is 4.74 Å². The van der Waals surface area contributed by atoms with Gasteiger partial charge in [0.1, 0.15) is 12.1 Å². The third kappa shape index (κ3) is 6.88. The van der Waals surface area contributed by atoms with Crippen molar-refractivity contribution >= 4 is 12.0 Å². The van der Waals surface area contributed by atoms with E-state index in [0.717, 1.165) is 32.5 Å². The highest BCUT2D eigenvalue weighted by Gasteiger charge is 2.32. The van der Waals surface area contributed by atoms with Gasteiger partial charge in [0.2, 0.25) is 5.91 Å². The van der Waals surface area contributed by atoms with Gasteiger partial charge in [-0.25, -0.2) is 4.79 Å². The number of nitrogens with one attached hydrogen (secondary N) is 1. The first-order valence-corrected chi connectivity index (χ1v) is 11.1. The van der Waals surface area contributed by atoms with E-state index < -0.39 is 11.7 Å². The third-order valence-corrected chi connectivity index (χ3v) is 6.03. The number of alkyl carbamates (subject to hydrolysis) is 1. The SMILES string of the molecule is CC(C)(C)OC(=O)NCC(=O)N1CC[C@@H](C2C=CC=C(CN3CCCCC3)C2)C1. The number of rotatable bonds is 5. The summed E-state index contributed by atoms with van der Waals surface area (Å²) in [6.07, 6.45) is 12.4. The van der Waals surface area contributed by atoms with E-state index in [2.05, 4.69) is 28.4 Å². The van der Waals surface area contributed by atoms with Crippen LogP contribution in [0.3, 0.4) is 0 Å². The van der Waals surface area contributed by atoms with Crippen molar-refractivity contribution in [2.75, 3.05) is 39.3 Å². The Bertz CT molecular complexity index is 644. The number of piperidine rings is 1. The molecular formula is C23H37N3O3. The molecule has 2 aliphatic heterocycles. The number of hydrogen-bond acceptors (Lipinski definition) is 4. The Morgan fingerprint density at radius 2 is 1.93 bits per heavy atom. The molecule has 0 bridgehead atoms. The Labute approximate surface area is 175 Å². The minimum absolute atomic E-state index is 0.00223. The maximum absolute atomic E-state index is 12.5. The molecule has 6 heteroatoms. The van der Waals surface area contributed by atoms with Crippen LogP contribution in [0.4, 0.5) is 4.79 Å². The van der Waals surface area contributed by atoms with E-state index in [-0.39, 0.29) is 12.5 Å². The first-order chi connectivity index (χ1) is 13.8. The van der Waals surface area contributed by atoms with Crippen molar-refractivity contribution in [3.8, 4) is 0 Å². The molecule has 2 atom stereocenters. The van der Waals surface area contributed by atoms with Crippen LogP contribution in [0.25, 0.3) is 0 Å².